The zero-order chi connectivity index (χ0) is 13.1. The Labute approximate surface area is 125 Å². The molecule has 1 aliphatic heterocycles. The van der Waals surface area contributed by atoms with Crippen LogP contribution in [0.15, 0.2) is 24.3 Å². The highest BCUT2D eigenvalue weighted by Crippen LogP contribution is 2.21. The maximum Gasteiger partial charge on any atom is 0.221 e. The molecule has 5 heteroatoms. The average Bonchev–Trinajstić information content (AvgIpc) is 2.81. The molecule has 4 nitrogen and oxygen atoms in total. The summed E-state index contributed by atoms with van der Waals surface area (Å²) >= 11 is 0. The molecular formula is C15H21ClN2O2. The molecular weight excluding hydrogens is 276 g/mol. The molecule has 0 radical (unpaired) electrons. The molecule has 3 rings (SSSR count). The van der Waals surface area contributed by atoms with Gasteiger partial charge in [0, 0.05) is 25.0 Å². The van der Waals surface area contributed by atoms with Gasteiger partial charge in [0.2, 0.25) is 5.91 Å². The van der Waals surface area contributed by atoms with E-state index in [-0.39, 0.29) is 30.4 Å². The maximum absolute atomic E-state index is 12.0. The molecule has 1 unspecified atom stereocenters. The van der Waals surface area contributed by atoms with Crippen LogP contribution in [0.4, 0.5) is 0 Å². The highest BCUT2D eigenvalue weighted by Gasteiger charge is 2.24. The molecule has 0 bridgehead atoms. The molecule has 1 aromatic carbocycles. The number of hydrogen-bond donors (Lipinski definition) is 2. The Morgan fingerprint density at radius 3 is 2.60 bits per heavy atom. The standard InChI is InChI=1S/C15H20N2O2.ClH/c18-15(9-14-10-19-6-5-16-14)17-13-7-11-3-1-2-4-12(11)8-13;/h1-4,13-14,16H,5-10H2,(H,17,18);1H. The average molecular weight is 297 g/mol. The zero-order valence-corrected chi connectivity index (χ0v) is 12.2. The van der Waals surface area contributed by atoms with E-state index in [0.29, 0.717) is 13.0 Å². The van der Waals surface area contributed by atoms with Gasteiger partial charge >= 0.3 is 0 Å². The lowest BCUT2D eigenvalue weighted by atomic mass is 10.1. The van der Waals surface area contributed by atoms with Crippen molar-refractivity contribution in [1.82, 2.24) is 10.6 Å². The molecule has 1 heterocycles. The van der Waals surface area contributed by atoms with Gasteiger partial charge < -0.3 is 15.4 Å². The molecule has 1 atom stereocenters. The second kappa shape index (κ2) is 7.07. The minimum Gasteiger partial charge on any atom is -0.378 e. The predicted octanol–water partition coefficient (Wildman–Crippen LogP) is 1.07. The Bertz CT molecular complexity index is 436. The number of nitrogens with one attached hydrogen (secondary N) is 2. The van der Waals surface area contributed by atoms with Crippen molar-refractivity contribution in [2.24, 2.45) is 0 Å². The van der Waals surface area contributed by atoms with Gasteiger partial charge in [-0.3, -0.25) is 4.79 Å². The number of benzene rings is 1. The van der Waals surface area contributed by atoms with Gasteiger partial charge in [-0.1, -0.05) is 24.3 Å². The number of ether oxygens (including phenoxy) is 1. The van der Waals surface area contributed by atoms with Gasteiger partial charge in [-0.05, 0) is 24.0 Å². The van der Waals surface area contributed by atoms with Gasteiger partial charge in [0.1, 0.15) is 0 Å². The first-order valence-electron chi connectivity index (χ1n) is 6.98. The van der Waals surface area contributed by atoms with E-state index in [4.69, 9.17) is 4.74 Å². The molecule has 0 spiro atoms. The summed E-state index contributed by atoms with van der Waals surface area (Å²) in [5, 5.41) is 6.44. The fourth-order valence-corrected chi connectivity index (χ4v) is 2.92. The number of halogens is 1. The van der Waals surface area contributed by atoms with E-state index in [0.717, 1.165) is 26.0 Å². The van der Waals surface area contributed by atoms with E-state index < -0.39 is 0 Å². The number of fused-ring (bicyclic) bond motifs is 1. The summed E-state index contributed by atoms with van der Waals surface area (Å²) < 4.78 is 5.36. The van der Waals surface area contributed by atoms with E-state index >= 15 is 0 Å². The van der Waals surface area contributed by atoms with Crippen LogP contribution in [0, 0.1) is 0 Å². The minimum absolute atomic E-state index is 0. The first-order valence-corrected chi connectivity index (χ1v) is 6.98. The van der Waals surface area contributed by atoms with Gasteiger partial charge in [-0.15, -0.1) is 12.4 Å². The Hall–Kier alpha value is -1.10. The third-order valence-electron chi connectivity index (χ3n) is 3.85. The molecule has 2 N–H and O–H groups in total. The molecule has 0 saturated carbocycles. The van der Waals surface area contributed by atoms with Crippen LogP contribution in [0.5, 0.6) is 0 Å². The van der Waals surface area contributed by atoms with E-state index in [2.05, 4.69) is 34.9 Å². The second-order valence-electron chi connectivity index (χ2n) is 5.37. The number of rotatable bonds is 3. The molecule has 0 aromatic heterocycles. The first kappa shape index (κ1) is 15.3. The second-order valence-corrected chi connectivity index (χ2v) is 5.37. The lowest BCUT2D eigenvalue weighted by Crippen LogP contribution is -2.45. The normalized spacial score (nSPS) is 21.9. The minimum atomic E-state index is 0. The van der Waals surface area contributed by atoms with Crippen molar-refractivity contribution in [1.29, 1.82) is 0 Å². The fraction of sp³-hybridized carbons (Fsp3) is 0.533. The quantitative estimate of drug-likeness (QED) is 0.877. The summed E-state index contributed by atoms with van der Waals surface area (Å²) in [5.74, 6) is 0.126. The van der Waals surface area contributed by atoms with Gasteiger partial charge in [0.05, 0.1) is 13.2 Å². The van der Waals surface area contributed by atoms with Crippen LogP contribution in [0.2, 0.25) is 0 Å². The van der Waals surface area contributed by atoms with Gasteiger partial charge in [0.25, 0.3) is 0 Å². The summed E-state index contributed by atoms with van der Waals surface area (Å²) in [5.41, 5.74) is 2.74. The van der Waals surface area contributed by atoms with E-state index in [1.807, 2.05) is 0 Å². The van der Waals surface area contributed by atoms with Crippen molar-refractivity contribution in [2.75, 3.05) is 19.8 Å². The smallest absolute Gasteiger partial charge is 0.221 e. The summed E-state index contributed by atoms with van der Waals surface area (Å²) in [6.45, 7) is 2.22. The molecule has 1 amide bonds. The molecule has 1 aromatic rings. The number of morpholine rings is 1. The van der Waals surface area contributed by atoms with Crippen molar-refractivity contribution >= 4 is 18.3 Å². The molecule has 110 valence electrons. The predicted molar refractivity (Wildman–Crippen MR) is 80.3 cm³/mol. The van der Waals surface area contributed by atoms with Crippen LogP contribution < -0.4 is 10.6 Å². The van der Waals surface area contributed by atoms with Crippen LogP contribution in [-0.4, -0.2) is 37.7 Å². The monoisotopic (exact) mass is 296 g/mol. The Balaban J connectivity index is 0.00000147. The highest BCUT2D eigenvalue weighted by atomic mass is 35.5. The summed E-state index contributed by atoms with van der Waals surface area (Å²) in [7, 11) is 0. The Morgan fingerprint density at radius 1 is 1.30 bits per heavy atom. The zero-order valence-electron chi connectivity index (χ0n) is 11.4. The van der Waals surface area contributed by atoms with Crippen molar-refractivity contribution < 1.29 is 9.53 Å². The maximum atomic E-state index is 12.0. The molecule has 1 aliphatic carbocycles. The lowest BCUT2D eigenvalue weighted by molar-refractivity contribution is -0.122. The summed E-state index contributed by atoms with van der Waals surface area (Å²) in [6.07, 6.45) is 2.42. The molecule has 1 fully saturated rings. The number of amides is 1. The van der Waals surface area contributed by atoms with E-state index in [1.54, 1.807) is 0 Å². The molecule has 20 heavy (non-hydrogen) atoms. The van der Waals surface area contributed by atoms with Gasteiger partial charge in [0.15, 0.2) is 0 Å². The fourth-order valence-electron chi connectivity index (χ4n) is 2.92. The van der Waals surface area contributed by atoms with Crippen molar-refractivity contribution in [2.45, 2.75) is 31.3 Å². The van der Waals surface area contributed by atoms with Gasteiger partial charge in [-0.2, -0.15) is 0 Å². The van der Waals surface area contributed by atoms with Crippen molar-refractivity contribution in [3.63, 3.8) is 0 Å². The first-order chi connectivity index (χ1) is 9.31. The van der Waals surface area contributed by atoms with Crippen LogP contribution in [0.1, 0.15) is 17.5 Å². The largest absolute Gasteiger partial charge is 0.378 e. The molecule has 1 saturated heterocycles. The van der Waals surface area contributed by atoms with Crippen LogP contribution in [-0.2, 0) is 22.4 Å². The third-order valence-corrected chi connectivity index (χ3v) is 3.85. The Morgan fingerprint density at radius 2 is 2.00 bits per heavy atom. The highest BCUT2D eigenvalue weighted by molar-refractivity contribution is 5.85. The van der Waals surface area contributed by atoms with E-state index in [9.17, 15) is 4.79 Å². The number of hydrogen-bond acceptors (Lipinski definition) is 3. The number of carbonyl (C=O) groups excluding carboxylic acids is 1. The molecule has 2 aliphatic rings. The number of carbonyl (C=O) groups is 1. The SMILES string of the molecule is Cl.O=C(CC1COCCN1)NC1Cc2ccccc2C1. The summed E-state index contributed by atoms with van der Waals surface area (Å²) in [4.78, 5) is 12.0. The lowest BCUT2D eigenvalue weighted by Gasteiger charge is -2.24. The van der Waals surface area contributed by atoms with Crippen LogP contribution >= 0.6 is 12.4 Å². The van der Waals surface area contributed by atoms with Gasteiger partial charge in [-0.25, -0.2) is 0 Å². The van der Waals surface area contributed by atoms with Crippen LogP contribution in [0.25, 0.3) is 0 Å². The topological polar surface area (TPSA) is 50.4 Å². The van der Waals surface area contributed by atoms with Crippen LogP contribution in [0.3, 0.4) is 0 Å². The third kappa shape index (κ3) is 3.72. The van der Waals surface area contributed by atoms with Crippen molar-refractivity contribution in [3.05, 3.63) is 35.4 Å². The summed E-state index contributed by atoms with van der Waals surface area (Å²) in [6, 6.07) is 8.85. The Kier molecular flexibility index (Phi) is 5.40. The van der Waals surface area contributed by atoms with Crippen molar-refractivity contribution in [3.8, 4) is 0 Å². The van der Waals surface area contributed by atoms with E-state index in [1.165, 1.54) is 11.1 Å².